The summed E-state index contributed by atoms with van der Waals surface area (Å²) in [5, 5.41) is 14.1. The molecule has 0 spiro atoms. The van der Waals surface area contributed by atoms with Gasteiger partial charge in [-0.2, -0.15) is 0 Å². The van der Waals surface area contributed by atoms with Gasteiger partial charge < -0.3 is 19.5 Å². The van der Waals surface area contributed by atoms with Crippen molar-refractivity contribution < 1.29 is 23.9 Å². The van der Waals surface area contributed by atoms with Gasteiger partial charge >= 0.3 is 6.03 Å². The van der Waals surface area contributed by atoms with Crippen LogP contribution in [0.25, 0.3) is 0 Å². The first-order valence-electron chi connectivity index (χ1n) is 7.05. The molecule has 0 radical (unpaired) electrons. The van der Waals surface area contributed by atoms with Gasteiger partial charge in [0.1, 0.15) is 6.04 Å². The standard InChI is InChI=1S/C15H19N3O6/c1-8-13(18(20)21)12(16-15(19)17(8)2)9-6-10(22-3)14(24-5)11(7-9)23-4/h6-7,12H,1-5H3,(H,16,19)/t12-/m0/s1. The van der Waals surface area contributed by atoms with Crippen molar-refractivity contribution in [1.82, 2.24) is 10.2 Å². The maximum Gasteiger partial charge on any atom is 0.322 e. The molecule has 9 nitrogen and oxygen atoms in total. The normalized spacial score (nSPS) is 17.5. The number of amides is 2. The summed E-state index contributed by atoms with van der Waals surface area (Å²) < 4.78 is 15.8. The number of ether oxygens (including phenoxy) is 3. The number of nitrogens with zero attached hydrogens (tertiary/aromatic N) is 2. The van der Waals surface area contributed by atoms with E-state index in [0.29, 0.717) is 22.8 Å². The number of carbonyl (C=O) groups is 1. The summed E-state index contributed by atoms with van der Waals surface area (Å²) in [4.78, 5) is 24.3. The molecule has 0 saturated carbocycles. The van der Waals surface area contributed by atoms with Crippen LogP contribution in [0.15, 0.2) is 23.5 Å². The first kappa shape index (κ1) is 17.4. The predicted molar refractivity (Wildman–Crippen MR) is 84.8 cm³/mol. The molecule has 0 unspecified atom stereocenters. The monoisotopic (exact) mass is 337 g/mol. The van der Waals surface area contributed by atoms with Crippen molar-refractivity contribution >= 4 is 6.03 Å². The SMILES string of the molecule is COc1cc([C@@H]2NC(=O)N(C)C(C)=C2[N+](=O)[O-])cc(OC)c1OC. The zero-order valence-corrected chi connectivity index (χ0v) is 14.1. The summed E-state index contributed by atoms with van der Waals surface area (Å²) in [6, 6.07) is 1.79. The van der Waals surface area contributed by atoms with Crippen molar-refractivity contribution in [2.45, 2.75) is 13.0 Å². The molecule has 2 amide bonds. The predicted octanol–water partition coefficient (Wildman–Crippen LogP) is 1.92. The summed E-state index contributed by atoms with van der Waals surface area (Å²) in [6.45, 7) is 1.53. The van der Waals surface area contributed by atoms with Gasteiger partial charge in [0.15, 0.2) is 11.5 Å². The lowest BCUT2D eigenvalue weighted by atomic mass is 9.99. The number of urea groups is 1. The number of allylic oxidation sites excluding steroid dienone is 1. The lowest BCUT2D eigenvalue weighted by molar-refractivity contribution is -0.433. The molecule has 1 aromatic carbocycles. The second-order valence-electron chi connectivity index (χ2n) is 5.13. The summed E-state index contributed by atoms with van der Waals surface area (Å²) in [5.74, 6) is 1.06. The highest BCUT2D eigenvalue weighted by atomic mass is 16.6. The molecular weight excluding hydrogens is 318 g/mol. The largest absolute Gasteiger partial charge is 0.493 e. The van der Waals surface area contributed by atoms with Crippen LogP contribution >= 0.6 is 0 Å². The van der Waals surface area contributed by atoms with Gasteiger partial charge in [0.25, 0.3) is 5.70 Å². The fourth-order valence-electron chi connectivity index (χ4n) is 2.57. The summed E-state index contributed by atoms with van der Waals surface area (Å²) in [6.07, 6.45) is 0. The van der Waals surface area contributed by atoms with E-state index in [2.05, 4.69) is 5.32 Å². The van der Waals surface area contributed by atoms with Gasteiger partial charge in [-0.05, 0) is 24.6 Å². The minimum Gasteiger partial charge on any atom is -0.493 e. The highest BCUT2D eigenvalue weighted by molar-refractivity contribution is 5.78. The number of nitrogens with one attached hydrogen (secondary N) is 1. The molecule has 9 heteroatoms. The highest BCUT2D eigenvalue weighted by Crippen LogP contribution is 2.41. The van der Waals surface area contributed by atoms with E-state index in [1.165, 1.54) is 40.2 Å². The molecular formula is C15H19N3O6. The molecule has 1 N–H and O–H groups in total. The Balaban J connectivity index is 2.65. The van der Waals surface area contributed by atoms with Gasteiger partial charge in [-0.1, -0.05) is 0 Å². The van der Waals surface area contributed by atoms with Crippen LogP contribution in [0, 0.1) is 10.1 Å². The number of methoxy groups -OCH3 is 3. The molecule has 0 saturated heterocycles. The fourth-order valence-corrected chi connectivity index (χ4v) is 2.57. The van der Waals surface area contributed by atoms with E-state index >= 15 is 0 Å². The highest BCUT2D eigenvalue weighted by Gasteiger charge is 2.39. The molecule has 1 heterocycles. The third kappa shape index (κ3) is 2.80. The minimum atomic E-state index is -0.933. The fraction of sp³-hybridized carbons (Fsp3) is 0.400. The molecule has 0 aromatic heterocycles. The Morgan fingerprint density at radius 2 is 1.71 bits per heavy atom. The van der Waals surface area contributed by atoms with Crippen LogP contribution < -0.4 is 19.5 Å². The Bertz CT molecular complexity index is 690. The molecule has 1 aliphatic rings. The van der Waals surface area contributed by atoms with Crippen LogP contribution in [0.2, 0.25) is 0 Å². The lowest BCUT2D eigenvalue weighted by Crippen LogP contribution is -2.45. The van der Waals surface area contributed by atoms with Crippen molar-refractivity contribution in [3.8, 4) is 17.2 Å². The van der Waals surface area contributed by atoms with Gasteiger partial charge in [-0.3, -0.25) is 15.0 Å². The Labute approximate surface area is 138 Å². The van der Waals surface area contributed by atoms with Gasteiger partial charge in [0, 0.05) is 7.05 Å². The van der Waals surface area contributed by atoms with Crippen molar-refractivity contribution in [3.05, 3.63) is 39.2 Å². The zero-order chi connectivity index (χ0) is 18.0. The number of carbonyl (C=O) groups excluding carboxylic acids is 1. The summed E-state index contributed by atoms with van der Waals surface area (Å²) in [5.41, 5.74) is 0.603. The second-order valence-corrected chi connectivity index (χ2v) is 5.13. The molecule has 0 aliphatic carbocycles. The maximum absolute atomic E-state index is 12.1. The topological polar surface area (TPSA) is 103 Å². The molecule has 130 valence electrons. The summed E-state index contributed by atoms with van der Waals surface area (Å²) in [7, 11) is 5.83. The van der Waals surface area contributed by atoms with Gasteiger partial charge in [0.2, 0.25) is 5.75 Å². The summed E-state index contributed by atoms with van der Waals surface area (Å²) >= 11 is 0. The Morgan fingerprint density at radius 1 is 1.17 bits per heavy atom. The van der Waals surface area contributed by atoms with Crippen LogP contribution in [0.4, 0.5) is 4.79 Å². The number of rotatable bonds is 5. The van der Waals surface area contributed by atoms with Crippen LogP contribution in [-0.4, -0.2) is 44.2 Å². The van der Waals surface area contributed by atoms with Crippen molar-refractivity contribution in [1.29, 1.82) is 0 Å². The average molecular weight is 337 g/mol. The van der Waals surface area contributed by atoms with E-state index in [0.717, 1.165) is 0 Å². The third-order valence-electron chi connectivity index (χ3n) is 3.94. The zero-order valence-electron chi connectivity index (χ0n) is 14.1. The number of benzene rings is 1. The van der Waals surface area contributed by atoms with Crippen molar-refractivity contribution in [3.63, 3.8) is 0 Å². The first-order valence-corrected chi connectivity index (χ1v) is 7.05. The first-order chi connectivity index (χ1) is 11.3. The van der Waals surface area contributed by atoms with Crippen molar-refractivity contribution in [2.24, 2.45) is 0 Å². The number of hydrogen-bond acceptors (Lipinski definition) is 6. The molecule has 2 rings (SSSR count). The molecule has 1 atom stereocenters. The smallest absolute Gasteiger partial charge is 0.322 e. The van der Waals surface area contributed by atoms with E-state index in [1.54, 1.807) is 12.1 Å². The van der Waals surface area contributed by atoms with Gasteiger partial charge in [0.05, 0.1) is 31.9 Å². The number of nitro groups is 1. The van der Waals surface area contributed by atoms with E-state index in [1.807, 2.05) is 0 Å². The minimum absolute atomic E-state index is 0.119. The average Bonchev–Trinajstić information content (AvgIpc) is 2.57. The Hall–Kier alpha value is -2.97. The molecule has 1 aromatic rings. The maximum atomic E-state index is 12.1. The quantitative estimate of drug-likeness (QED) is 0.650. The third-order valence-corrected chi connectivity index (χ3v) is 3.94. The second kappa shape index (κ2) is 6.65. The lowest BCUT2D eigenvalue weighted by Gasteiger charge is -2.29. The molecule has 24 heavy (non-hydrogen) atoms. The molecule has 0 fully saturated rings. The van der Waals surface area contributed by atoms with Crippen LogP contribution in [0.5, 0.6) is 17.2 Å². The molecule has 1 aliphatic heterocycles. The number of hydrogen-bond donors (Lipinski definition) is 1. The van der Waals surface area contributed by atoms with E-state index in [9.17, 15) is 14.9 Å². The van der Waals surface area contributed by atoms with Crippen LogP contribution in [0.1, 0.15) is 18.5 Å². The van der Waals surface area contributed by atoms with Crippen LogP contribution in [-0.2, 0) is 0 Å². The van der Waals surface area contributed by atoms with Gasteiger partial charge in [-0.15, -0.1) is 0 Å². The van der Waals surface area contributed by atoms with Gasteiger partial charge in [-0.25, -0.2) is 4.79 Å². The van der Waals surface area contributed by atoms with Crippen molar-refractivity contribution in [2.75, 3.05) is 28.4 Å². The van der Waals surface area contributed by atoms with E-state index in [4.69, 9.17) is 14.2 Å². The Kier molecular flexibility index (Phi) is 4.82. The van der Waals surface area contributed by atoms with Crippen LogP contribution in [0.3, 0.4) is 0 Å². The Morgan fingerprint density at radius 3 is 2.12 bits per heavy atom. The molecule has 0 bridgehead atoms. The van der Waals surface area contributed by atoms with E-state index < -0.39 is 17.0 Å². The van der Waals surface area contributed by atoms with E-state index in [-0.39, 0.29) is 11.4 Å².